The molecule has 2 N–H and O–H groups in total. The molecule has 0 aromatic carbocycles. The van der Waals surface area contributed by atoms with Crippen LogP contribution < -0.4 is 5.73 Å². The summed E-state index contributed by atoms with van der Waals surface area (Å²) in [5.41, 5.74) is 5.62. The van der Waals surface area contributed by atoms with Gasteiger partial charge < -0.3 is 10.5 Å². The first kappa shape index (κ1) is 13.0. The fourth-order valence-corrected chi connectivity index (χ4v) is 1.73. The Bertz CT molecular complexity index is 357. The van der Waals surface area contributed by atoms with E-state index < -0.39 is 6.04 Å². The molecule has 0 aliphatic heterocycles. The number of esters is 1. The van der Waals surface area contributed by atoms with Crippen molar-refractivity contribution in [2.45, 2.75) is 26.8 Å². The average molecular weight is 290 g/mol. The van der Waals surface area contributed by atoms with Crippen LogP contribution in [-0.4, -0.2) is 22.4 Å². The fraction of sp³-hybridized carbons (Fsp3) is 0.600. The summed E-state index contributed by atoms with van der Waals surface area (Å²) < 4.78 is 7.24. The smallest absolute Gasteiger partial charge is 0.331 e. The van der Waals surface area contributed by atoms with Crippen LogP contribution in [0.5, 0.6) is 0 Å². The Morgan fingerprint density at radius 3 is 2.69 bits per heavy atom. The Hall–Kier alpha value is -1.04. The number of anilines is 1. The minimum atomic E-state index is -0.437. The van der Waals surface area contributed by atoms with Gasteiger partial charge in [-0.1, -0.05) is 13.8 Å². The molecule has 16 heavy (non-hydrogen) atoms. The highest BCUT2D eigenvalue weighted by molar-refractivity contribution is 9.10. The lowest BCUT2D eigenvalue weighted by Gasteiger charge is -2.19. The van der Waals surface area contributed by atoms with E-state index in [-0.39, 0.29) is 11.9 Å². The van der Waals surface area contributed by atoms with Crippen molar-refractivity contribution in [2.24, 2.45) is 5.92 Å². The number of rotatable bonds is 4. The lowest BCUT2D eigenvalue weighted by atomic mass is 10.1. The number of nitrogen functional groups attached to an aromatic ring is 1. The number of aromatic nitrogens is 2. The third kappa shape index (κ3) is 2.75. The van der Waals surface area contributed by atoms with E-state index in [0.717, 1.165) is 0 Å². The molecule has 90 valence electrons. The molecule has 1 aromatic rings. The van der Waals surface area contributed by atoms with E-state index in [9.17, 15) is 4.79 Å². The van der Waals surface area contributed by atoms with Gasteiger partial charge in [0.05, 0.1) is 11.1 Å². The zero-order chi connectivity index (χ0) is 12.3. The maximum absolute atomic E-state index is 11.8. The summed E-state index contributed by atoms with van der Waals surface area (Å²) in [7, 11) is 0. The van der Waals surface area contributed by atoms with Gasteiger partial charge in [0.15, 0.2) is 11.9 Å². The van der Waals surface area contributed by atoms with Crippen molar-refractivity contribution in [3.63, 3.8) is 0 Å². The maximum Gasteiger partial charge on any atom is 0.331 e. The number of nitrogens with two attached hydrogens (primary N) is 1. The molecule has 1 aromatic heterocycles. The van der Waals surface area contributed by atoms with Crippen LogP contribution >= 0.6 is 15.9 Å². The molecule has 1 unspecified atom stereocenters. The summed E-state index contributed by atoms with van der Waals surface area (Å²) in [4.78, 5) is 11.8. The molecule has 1 rings (SSSR count). The SMILES string of the molecule is CCOC(=O)C(C(C)C)n1cc(Br)c(N)n1. The number of hydrogen-bond acceptors (Lipinski definition) is 4. The first-order chi connectivity index (χ1) is 7.47. The normalized spacial score (nSPS) is 12.8. The second kappa shape index (κ2) is 5.34. The zero-order valence-electron chi connectivity index (χ0n) is 9.61. The highest BCUT2D eigenvalue weighted by atomic mass is 79.9. The van der Waals surface area contributed by atoms with Crippen LogP contribution in [0.1, 0.15) is 26.8 Å². The van der Waals surface area contributed by atoms with E-state index in [1.54, 1.807) is 17.8 Å². The number of hydrogen-bond donors (Lipinski definition) is 1. The van der Waals surface area contributed by atoms with E-state index in [2.05, 4.69) is 21.0 Å². The van der Waals surface area contributed by atoms with E-state index in [4.69, 9.17) is 10.5 Å². The van der Waals surface area contributed by atoms with Gasteiger partial charge in [0, 0.05) is 6.20 Å². The Morgan fingerprint density at radius 1 is 1.69 bits per heavy atom. The van der Waals surface area contributed by atoms with Crippen LogP contribution in [0, 0.1) is 5.92 Å². The van der Waals surface area contributed by atoms with Crippen molar-refractivity contribution in [3.05, 3.63) is 10.7 Å². The first-order valence-corrected chi connectivity index (χ1v) is 5.93. The van der Waals surface area contributed by atoms with Crippen LogP contribution in [0.3, 0.4) is 0 Å². The molecule has 1 heterocycles. The summed E-state index contributed by atoms with van der Waals surface area (Å²) >= 11 is 3.26. The zero-order valence-corrected chi connectivity index (χ0v) is 11.2. The van der Waals surface area contributed by atoms with Gasteiger partial charge in [-0.15, -0.1) is 0 Å². The van der Waals surface area contributed by atoms with Crippen LogP contribution in [0.25, 0.3) is 0 Å². The molecular weight excluding hydrogens is 274 g/mol. The standard InChI is InChI=1S/C10H16BrN3O2/c1-4-16-10(15)8(6(2)3)14-5-7(11)9(12)13-14/h5-6,8H,4H2,1-3H3,(H2,12,13). The maximum atomic E-state index is 11.8. The van der Waals surface area contributed by atoms with Gasteiger partial charge in [0.25, 0.3) is 0 Å². The molecule has 6 heteroatoms. The minimum Gasteiger partial charge on any atom is -0.464 e. The van der Waals surface area contributed by atoms with Gasteiger partial charge >= 0.3 is 5.97 Å². The van der Waals surface area contributed by atoms with E-state index in [0.29, 0.717) is 16.9 Å². The third-order valence-electron chi connectivity index (χ3n) is 2.16. The topological polar surface area (TPSA) is 70.1 Å². The highest BCUT2D eigenvalue weighted by Crippen LogP contribution is 2.24. The average Bonchev–Trinajstić information content (AvgIpc) is 2.46. The Morgan fingerprint density at radius 2 is 2.31 bits per heavy atom. The predicted molar refractivity (Wildman–Crippen MR) is 64.8 cm³/mol. The minimum absolute atomic E-state index is 0.0882. The lowest BCUT2D eigenvalue weighted by Crippen LogP contribution is -2.27. The van der Waals surface area contributed by atoms with E-state index >= 15 is 0 Å². The van der Waals surface area contributed by atoms with Crippen molar-refractivity contribution in [1.29, 1.82) is 0 Å². The van der Waals surface area contributed by atoms with Gasteiger partial charge in [-0.25, -0.2) is 4.79 Å². The fourth-order valence-electron chi connectivity index (χ4n) is 1.44. The molecule has 0 bridgehead atoms. The van der Waals surface area contributed by atoms with Crippen molar-refractivity contribution in [3.8, 4) is 0 Å². The van der Waals surface area contributed by atoms with Gasteiger partial charge in [0.2, 0.25) is 0 Å². The molecule has 0 saturated heterocycles. The third-order valence-corrected chi connectivity index (χ3v) is 2.77. The molecule has 5 nitrogen and oxygen atoms in total. The molecular formula is C10H16BrN3O2. The van der Waals surface area contributed by atoms with Gasteiger partial charge in [0.1, 0.15) is 0 Å². The van der Waals surface area contributed by atoms with Gasteiger partial charge in [-0.2, -0.15) is 5.10 Å². The van der Waals surface area contributed by atoms with Crippen molar-refractivity contribution < 1.29 is 9.53 Å². The van der Waals surface area contributed by atoms with Crippen LogP contribution in [0.15, 0.2) is 10.7 Å². The summed E-state index contributed by atoms with van der Waals surface area (Å²) in [5, 5.41) is 4.08. The van der Waals surface area contributed by atoms with Crippen molar-refractivity contribution in [1.82, 2.24) is 9.78 Å². The molecule has 0 fully saturated rings. The van der Waals surface area contributed by atoms with Crippen LogP contribution in [0.4, 0.5) is 5.82 Å². The molecule has 1 atom stereocenters. The molecule has 0 radical (unpaired) electrons. The second-order valence-electron chi connectivity index (χ2n) is 3.78. The van der Waals surface area contributed by atoms with Crippen molar-refractivity contribution >= 4 is 27.7 Å². The van der Waals surface area contributed by atoms with Crippen LogP contribution in [0.2, 0.25) is 0 Å². The molecule has 0 aliphatic rings. The molecule has 0 saturated carbocycles. The predicted octanol–water partition coefficient (Wildman–Crippen LogP) is 1.99. The summed E-state index contributed by atoms with van der Waals surface area (Å²) in [6.45, 7) is 6.02. The summed E-state index contributed by atoms with van der Waals surface area (Å²) in [5.74, 6) is 0.174. The van der Waals surface area contributed by atoms with Crippen molar-refractivity contribution in [2.75, 3.05) is 12.3 Å². The monoisotopic (exact) mass is 289 g/mol. The first-order valence-electron chi connectivity index (χ1n) is 5.14. The van der Waals surface area contributed by atoms with Gasteiger partial charge in [-0.05, 0) is 28.8 Å². The highest BCUT2D eigenvalue weighted by Gasteiger charge is 2.26. The number of carbonyl (C=O) groups is 1. The van der Waals surface area contributed by atoms with Crippen LogP contribution in [-0.2, 0) is 9.53 Å². The lowest BCUT2D eigenvalue weighted by molar-refractivity contribution is -0.148. The second-order valence-corrected chi connectivity index (χ2v) is 4.64. The molecule has 0 spiro atoms. The van der Waals surface area contributed by atoms with E-state index in [1.165, 1.54) is 0 Å². The van der Waals surface area contributed by atoms with Gasteiger partial charge in [-0.3, -0.25) is 4.68 Å². The number of carbonyl (C=O) groups excluding carboxylic acids is 1. The Balaban J connectivity index is 2.98. The summed E-state index contributed by atoms with van der Waals surface area (Å²) in [6.07, 6.45) is 1.69. The number of ether oxygens (including phenoxy) is 1. The Kier molecular flexibility index (Phi) is 4.35. The number of halogens is 1. The quantitative estimate of drug-likeness (QED) is 0.861. The summed E-state index contributed by atoms with van der Waals surface area (Å²) in [6, 6.07) is -0.437. The number of nitrogens with zero attached hydrogens (tertiary/aromatic N) is 2. The Labute approximate surface area is 103 Å². The molecule has 0 aliphatic carbocycles. The largest absolute Gasteiger partial charge is 0.464 e. The molecule has 0 amide bonds. The van der Waals surface area contributed by atoms with E-state index in [1.807, 2.05) is 13.8 Å².